The average molecular weight is 338 g/mol. The molecule has 1 aromatic carbocycles. The van der Waals surface area contributed by atoms with E-state index in [1.54, 1.807) is 0 Å². The molecule has 1 atom stereocenters. The number of nitrogens with zero attached hydrogens (tertiary/aromatic N) is 2. The van der Waals surface area contributed by atoms with Crippen molar-refractivity contribution < 1.29 is 9.26 Å². The molecule has 0 radical (unpaired) electrons. The van der Waals surface area contributed by atoms with Gasteiger partial charge >= 0.3 is 0 Å². The van der Waals surface area contributed by atoms with E-state index < -0.39 is 5.60 Å². The molecule has 1 aromatic heterocycles. The van der Waals surface area contributed by atoms with Gasteiger partial charge in [-0.05, 0) is 60.3 Å². The molecule has 0 spiro atoms. The van der Waals surface area contributed by atoms with Crippen LogP contribution in [0.5, 0.6) is 0 Å². The highest BCUT2D eigenvalue weighted by molar-refractivity contribution is 9.10. The van der Waals surface area contributed by atoms with E-state index in [0.29, 0.717) is 17.4 Å². The Labute approximate surface area is 125 Å². The van der Waals surface area contributed by atoms with Gasteiger partial charge in [-0.15, -0.1) is 0 Å². The zero-order chi connectivity index (χ0) is 14.2. The van der Waals surface area contributed by atoms with Gasteiger partial charge in [0.1, 0.15) is 5.60 Å². The monoisotopic (exact) mass is 337 g/mol. The summed E-state index contributed by atoms with van der Waals surface area (Å²) in [4.78, 5) is 4.49. The van der Waals surface area contributed by atoms with Gasteiger partial charge in [-0.25, -0.2) is 0 Å². The van der Waals surface area contributed by atoms with Gasteiger partial charge in [-0.2, -0.15) is 4.98 Å². The van der Waals surface area contributed by atoms with Crippen LogP contribution in [0.15, 0.2) is 27.2 Å². The zero-order valence-electron chi connectivity index (χ0n) is 11.2. The van der Waals surface area contributed by atoms with Crippen LogP contribution in [0.3, 0.4) is 0 Å². The standard InChI is InChI=1S/C14H16BrN3O2/c1-14(6-2-3-7-19-14)13-17-12(20-18-13)10-8-9(16)4-5-11(10)15/h4-5,8H,2-3,6-7,16H2,1H3. The lowest BCUT2D eigenvalue weighted by Crippen LogP contribution is -2.31. The lowest BCUT2D eigenvalue weighted by atomic mass is 9.95. The van der Waals surface area contributed by atoms with Crippen molar-refractivity contribution in [3.05, 3.63) is 28.5 Å². The Bertz CT molecular complexity index is 621. The summed E-state index contributed by atoms with van der Waals surface area (Å²) in [6.45, 7) is 2.75. The molecule has 106 valence electrons. The molecule has 3 rings (SSSR count). The third-order valence-corrected chi connectivity index (χ3v) is 4.28. The summed E-state index contributed by atoms with van der Waals surface area (Å²) in [6.07, 6.45) is 3.10. The van der Waals surface area contributed by atoms with Crippen LogP contribution in [-0.4, -0.2) is 16.7 Å². The maximum absolute atomic E-state index is 5.83. The summed E-state index contributed by atoms with van der Waals surface area (Å²) >= 11 is 3.47. The Kier molecular flexibility index (Phi) is 3.52. The molecule has 0 bridgehead atoms. The van der Waals surface area contributed by atoms with Crippen molar-refractivity contribution in [2.75, 3.05) is 12.3 Å². The second-order valence-electron chi connectivity index (χ2n) is 5.20. The molecule has 1 saturated heterocycles. The molecule has 6 heteroatoms. The fraction of sp³-hybridized carbons (Fsp3) is 0.429. The summed E-state index contributed by atoms with van der Waals surface area (Å²) in [5.41, 5.74) is 6.80. The molecule has 2 N–H and O–H groups in total. The first kappa shape index (κ1) is 13.6. The van der Waals surface area contributed by atoms with Crippen LogP contribution in [0.2, 0.25) is 0 Å². The Morgan fingerprint density at radius 2 is 2.20 bits per heavy atom. The molecule has 1 aliphatic rings. The van der Waals surface area contributed by atoms with Crippen molar-refractivity contribution in [3.63, 3.8) is 0 Å². The second kappa shape index (κ2) is 5.18. The molecular formula is C14H16BrN3O2. The number of benzene rings is 1. The van der Waals surface area contributed by atoms with Crippen molar-refractivity contribution in [3.8, 4) is 11.5 Å². The Morgan fingerprint density at radius 1 is 1.35 bits per heavy atom. The fourth-order valence-electron chi connectivity index (χ4n) is 2.36. The van der Waals surface area contributed by atoms with E-state index in [1.807, 2.05) is 25.1 Å². The molecule has 0 amide bonds. The van der Waals surface area contributed by atoms with E-state index in [1.165, 1.54) is 0 Å². The second-order valence-corrected chi connectivity index (χ2v) is 6.05. The first-order valence-electron chi connectivity index (χ1n) is 6.62. The lowest BCUT2D eigenvalue weighted by Gasteiger charge is -2.30. The molecule has 0 saturated carbocycles. The highest BCUT2D eigenvalue weighted by Gasteiger charge is 2.35. The van der Waals surface area contributed by atoms with Gasteiger partial charge < -0.3 is 15.0 Å². The molecule has 2 aromatic rings. The van der Waals surface area contributed by atoms with Gasteiger partial charge in [-0.3, -0.25) is 0 Å². The number of aromatic nitrogens is 2. The SMILES string of the molecule is CC1(c2noc(-c3cc(N)ccc3Br)n2)CCCCO1. The summed E-state index contributed by atoms with van der Waals surface area (Å²) in [6, 6.07) is 5.50. The summed E-state index contributed by atoms with van der Waals surface area (Å²) < 4.78 is 12.1. The normalized spacial score (nSPS) is 22.9. The van der Waals surface area contributed by atoms with Gasteiger partial charge in [0, 0.05) is 16.8 Å². The number of nitrogen functional groups attached to an aromatic ring is 1. The summed E-state index contributed by atoms with van der Waals surface area (Å²) in [5.74, 6) is 1.05. The summed E-state index contributed by atoms with van der Waals surface area (Å²) in [7, 11) is 0. The molecule has 0 aliphatic carbocycles. The minimum atomic E-state index is -0.452. The molecular weight excluding hydrogens is 322 g/mol. The number of nitrogens with two attached hydrogens (primary N) is 1. The Hall–Kier alpha value is -1.40. The highest BCUT2D eigenvalue weighted by Crippen LogP contribution is 2.35. The van der Waals surface area contributed by atoms with Crippen LogP contribution in [0.1, 0.15) is 32.0 Å². The van der Waals surface area contributed by atoms with Crippen LogP contribution in [0.4, 0.5) is 5.69 Å². The van der Waals surface area contributed by atoms with Gasteiger partial charge in [0.15, 0.2) is 0 Å². The van der Waals surface area contributed by atoms with Gasteiger partial charge in [0.25, 0.3) is 5.89 Å². The summed E-state index contributed by atoms with van der Waals surface area (Å²) in [5, 5.41) is 4.09. The number of hydrogen-bond donors (Lipinski definition) is 1. The number of hydrogen-bond acceptors (Lipinski definition) is 5. The smallest absolute Gasteiger partial charge is 0.259 e. The van der Waals surface area contributed by atoms with Gasteiger partial charge in [0.05, 0.1) is 5.56 Å². The van der Waals surface area contributed by atoms with E-state index in [4.69, 9.17) is 15.0 Å². The molecule has 2 heterocycles. The van der Waals surface area contributed by atoms with Gasteiger partial charge in [0.2, 0.25) is 5.82 Å². The number of anilines is 1. The zero-order valence-corrected chi connectivity index (χ0v) is 12.8. The van der Waals surface area contributed by atoms with E-state index in [-0.39, 0.29) is 0 Å². The van der Waals surface area contributed by atoms with Crippen molar-refractivity contribution in [1.29, 1.82) is 0 Å². The van der Waals surface area contributed by atoms with Crippen molar-refractivity contribution >= 4 is 21.6 Å². The van der Waals surface area contributed by atoms with Crippen LogP contribution >= 0.6 is 15.9 Å². The van der Waals surface area contributed by atoms with Crippen LogP contribution < -0.4 is 5.73 Å². The lowest BCUT2D eigenvalue weighted by molar-refractivity contribution is -0.0770. The maximum atomic E-state index is 5.83. The van der Waals surface area contributed by atoms with E-state index in [9.17, 15) is 0 Å². The molecule has 1 fully saturated rings. The Balaban J connectivity index is 1.95. The van der Waals surface area contributed by atoms with Crippen LogP contribution in [-0.2, 0) is 10.3 Å². The third kappa shape index (κ3) is 2.45. The molecule has 5 nitrogen and oxygen atoms in total. The fourth-order valence-corrected chi connectivity index (χ4v) is 2.78. The van der Waals surface area contributed by atoms with E-state index in [0.717, 1.165) is 35.9 Å². The van der Waals surface area contributed by atoms with Crippen molar-refractivity contribution in [2.24, 2.45) is 0 Å². The maximum Gasteiger partial charge on any atom is 0.259 e. The largest absolute Gasteiger partial charge is 0.399 e. The highest BCUT2D eigenvalue weighted by atomic mass is 79.9. The van der Waals surface area contributed by atoms with Crippen LogP contribution in [0, 0.1) is 0 Å². The first-order valence-corrected chi connectivity index (χ1v) is 7.41. The van der Waals surface area contributed by atoms with Crippen molar-refractivity contribution in [2.45, 2.75) is 31.8 Å². The minimum Gasteiger partial charge on any atom is -0.399 e. The van der Waals surface area contributed by atoms with E-state index >= 15 is 0 Å². The molecule has 20 heavy (non-hydrogen) atoms. The van der Waals surface area contributed by atoms with Crippen molar-refractivity contribution in [1.82, 2.24) is 10.1 Å². The Morgan fingerprint density at radius 3 is 2.95 bits per heavy atom. The third-order valence-electron chi connectivity index (χ3n) is 3.59. The predicted molar refractivity (Wildman–Crippen MR) is 79.0 cm³/mol. The van der Waals surface area contributed by atoms with E-state index in [2.05, 4.69) is 26.1 Å². The number of halogens is 1. The minimum absolute atomic E-state index is 0.452. The predicted octanol–water partition coefficient (Wildman–Crippen LogP) is 3.50. The first-order chi connectivity index (χ1) is 9.58. The number of ether oxygens (including phenoxy) is 1. The average Bonchev–Trinajstić information content (AvgIpc) is 2.93. The van der Waals surface area contributed by atoms with Gasteiger partial charge in [-0.1, -0.05) is 5.16 Å². The number of rotatable bonds is 2. The molecule has 1 aliphatic heterocycles. The van der Waals surface area contributed by atoms with Crippen LogP contribution in [0.25, 0.3) is 11.5 Å². The quantitative estimate of drug-likeness (QED) is 0.849. The molecule has 1 unspecified atom stereocenters. The topological polar surface area (TPSA) is 74.2 Å².